The number of hydrogen-bond donors (Lipinski definition) is 1. The third-order valence-corrected chi connectivity index (χ3v) is 3.66. The van der Waals surface area contributed by atoms with Gasteiger partial charge < -0.3 is 10.2 Å². The average molecular weight is 258 g/mol. The van der Waals surface area contributed by atoms with E-state index in [1.54, 1.807) is 4.68 Å². The number of aldehydes is 1. The van der Waals surface area contributed by atoms with Crippen molar-refractivity contribution in [1.29, 1.82) is 0 Å². The van der Waals surface area contributed by atoms with Crippen LogP contribution in [0.3, 0.4) is 0 Å². The van der Waals surface area contributed by atoms with Crippen LogP contribution in [0.15, 0.2) is 12.3 Å². The van der Waals surface area contributed by atoms with Crippen LogP contribution in [-0.4, -0.2) is 42.2 Å². The monoisotopic (exact) mass is 258 g/mol. The molecule has 1 N–H and O–H groups in total. The highest BCUT2D eigenvalue weighted by Gasteiger charge is 2.19. The first-order valence-corrected chi connectivity index (χ1v) is 6.58. The van der Waals surface area contributed by atoms with Gasteiger partial charge in [-0.25, -0.2) is 0 Å². The number of piperazine rings is 1. The zero-order valence-corrected chi connectivity index (χ0v) is 11.3. The molecule has 3 rings (SSSR count). The molecular weight excluding hydrogens is 240 g/mol. The van der Waals surface area contributed by atoms with Crippen LogP contribution in [0.1, 0.15) is 15.9 Å². The van der Waals surface area contributed by atoms with E-state index < -0.39 is 0 Å². The number of benzene rings is 1. The molecule has 0 aliphatic carbocycles. The Morgan fingerprint density at radius 2 is 2.11 bits per heavy atom. The van der Waals surface area contributed by atoms with Gasteiger partial charge in [0.15, 0.2) is 6.29 Å². The summed E-state index contributed by atoms with van der Waals surface area (Å²) in [7, 11) is 1.89. The maximum absolute atomic E-state index is 11.2. The fourth-order valence-electron chi connectivity index (χ4n) is 2.86. The lowest BCUT2D eigenvalue weighted by atomic mass is 10.0. The number of aryl methyl sites for hydroxylation is 2. The summed E-state index contributed by atoms with van der Waals surface area (Å²) in [6.45, 7) is 6.04. The van der Waals surface area contributed by atoms with Crippen molar-refractivity contribution in [1.82, 2.24) is 15.1 Å². The maximum Gasteiger partial charge on any atom is 0.152 e. The number of nitrogens with one attached hydrogen (secondary N) is 1. The van der Waals surface area contributed by atoms with Crippen LogP contribution in [0, 0.1) is 6.92 Å². The lowest BCUT2D eigenvalue weighted by molar-refractivity contribution is 0.112. The summed E-state index contributed by atoms with van der Waals surface area (Å²) in [5.74, 6) is 0. The van der Waals surface area contributed by atoms with Gasteiger partial charge in [-0.2, -0.15) is 5.10 Å². The largest absolute Gasteiger partial charge is 0.368 e. The molecular formula is C14H18N4O. The minimum absolute atomic E-state index is 0.673. The zero-order chi connectivity index (χ0) is 13.4. The van der Waals surface area contributed by atoms with Gasteiger partial charge in [-0.3, -0.25) is 9.48 Å². The zero-order valence-electron chi connectivity index (χ0n) is 11.3. The van der Waals surface area contributed by atoms with Crippen molar-refractivity contribution < 1.29 is 4.79 Å². The second kappa shape index (κ2) is 4.66. The molecule has 2 aromatic rings. The molecule has 0 spiro atoms. The second-order valence-electron chi connectivity index (χ2n) is 5.05. The van der Waals surface area contributed by atoms with E-state index in [-0.39, 0.29) is 0 Å². The minimum Gasteiger partial charge on any atom is -0.368 e. The van der Waals surface area contributed by atoms with Gasteiger partial charge in [-0.05, 0) is 18.6 Å². The molecule has 0 unspecified atom stereocenters. The molecule has 1 aromatic heterocycles. The van der Waals surface area contributed by atoms with Crippen LogP contribution in [0.4, 0.5) is 5.69 Å². The lowest BCUT2D eigenvalue weighted by Gasteiger charge is -2.31. The van der Waals surface area contributed by atoms with Gasteiger partial charge in [0, 0.05) is 50.4 Å². The topological polar surface area (TPSA) is 50.2 Å². The third-order valence-electron chi connectivity index (χ3n) is 3.66. The predicted molar refractivity (Wildman–Crippen MR) is 75.9 cm³/mol. The van der Waals surface area contributed by atoms with E-state index in [0.29, 0.717) is 5.56 Å². The lowest BCUT2D eigenvalue weighted by Crippen LogP contribution is -2.43. The number of carbonyl (C=O) groups is 1. The van der Waals surface area contributed by atoms with Crippen LogP contribution in [0.5, 0.6) is 0 Å². The molecule has 1 saturated heterocycles. The Morgan fingerprint density at radius 3 is 2.79 bits per heavy atom. The molecule has 5 nitrogen and oxygen atoms in total. The van der Waals surface area contributed by atoms with Crippen LogP contribution >= 0.6 is 0 Å². The highest BCUT2D eigenvalue weighted by molar-refractivity contribution is 6.03. The molecule has 1 fully saturated rings. The Kier molecular flexibility index (Phi) is 2.98. The maximum atomic E-state index is 11.2. The molecule has 1 aliphatic heterocycles. The number of carbonyl (C=O) groups excluding carboxylic acids is 1. The van der Waals surface area contributed by atoms with Crippen molar-refractivity contribution in [2.45, 2.75) is 6.92 Å². The Morgan fingerprint density at radius 1 is 1.37 bits per heavy atom. The Bertz CT molecular complexity index is 626. The van der Waals surface area contributed by atoms with E-state index in [1.807, 2.05) is 19.3 Å². The summed E-state index contributed by atoms with van der Waals surface area (Å²) in [6.07, 6.45) is 2.90. The van der Waals surface area contributed by atoms with E-state index in [2.05, 4.69) is 22.2 Å². The molecule has 0 saturated carbocycles. The smallest absolute Gasteiger partial charge is 0.152 e. The Labute approximate surface area is 112 Å². The highest BCUT2D eigenvalue weighted by atomic mass is 16.1. The quantitative estimate of drug-likeness (QED) is 0.820. The van der Waals surface area contributed by atoms with Crippen LogP contribution in [0.25, 0.3) is 10.9 Å². The van der Waals surface area contributed by atoms with Crippen LogP contribution < -0.4 is 10.2 Å². The van der Waals surface area contributed by atoms with Gasteiger partial charge in [0.1, 0.15) is 5.52 Å². The predicted octanol–water partition coefficient (Wildman–Crippen LogP) is 1.10. The molecule has 0 atom stereocenters. The number of hydrogen-bond acceptors (Lipinski definition) is 4. The molecule has 19 heavy (non-hydrogen) atoms. The number of fused-ring (bicyclic) bond motifs is 1. The average Bonchev–Trinajstić information content (AvgIpc) is 2.80. The number of anilines is 1. The van der Waals surface area contributed by atoms with Crippen molar-refractivity contribution in [2.24, 2.45) is 7.05 Å². The molecule has 0 bridgehead atoms. The summed E-state index contributed by atoms with van der Waals surface area (Å²) in [5.41, 5.74) is 3.84. The van der Waals surface area contributed by atoms with E-state index in [9.17, 15) is 4.79 Å². The first kappa shape index (κ1) is 12.2. The van der Waals surface area contributed by atoms with E-state index in [0.717, 1.165) is 48.9 Å². The highest BCUT2D eigenvalue weighted by Crippen LogP contribution is 2.32. The summed E-state index contributed by atoms with van der Waals surface area (Å²) in [4.78, 5) is 13.6. The van der Waals surface area contributed by atoms with Crippen molar-refractivity contribution in [2.75, 3.05) is 31.1 Å². The fourth-order valence-corrected chi connectivity index (χ4v) is 2.86. The van der Waals surface area contributed by atoms with E-state index in [1.165, 1.54) is 5.69 Å². The Balaban J connectivity index is 2.22. The van der Waals surface area contributed by atoms with Gasteiger partial charge in [0.25, 0.3) is 0 Å². The summed E-state index contributed by atoms with van der Waals surface area (Å²) >= 11 is 0. The van der Waals surface area contributed by atoms with Gasteiger partial charge in [-0.1, -0.05) is 0 Å². The van der Waals surface area contributed by atoms with E-state index in [4.69, 9.17) is 0 Å². The van der Waals surface area contributed by atoms with Gasteiger partial charge in [0.2, 0.25) is 0 Å². The summed E-state index contributed by atoms with van der Waals surface area (Å²) < 4.78 is 1.78. The second-order valence-corrected chi connectivity index (χ2v) is 5.05. The molecule has 2 heterocycles. The first-order valence-electron chi connectivity index (χ1n) is 6.58. The number of rotatable bonds is 2. The van der Waals surface area contributed by atoms with Crippen molar-refractivity contribution in [3.63, 3.8) is 0 Å². The molecule has 100 valence electrons. The summed E-state index contributed by atoms with van der Waals surface area (Å²) in [5, 5.41) is 8.86. The number of aromatic nitrogens is 2. The van der Waals surface area contributed by atoms with Gasteiger partial charge in [0.05, 0.1) is 5.69 Å². The molecule has 1 aliphatic rings. The standard InChI is InChI=1S/C14H18N4O/c1-10-7-11(9-19)13-12(8-17(2)16-13)14(10)18-5-3-15-4-6-18/h7-9,15H,3-6H2,1-2H3. The molecule has 0 radical (unpaired) electrons. The SMILES string of the molecule is Cc1cc(C=O)c2nn(C)cc2c1N1CCNCC1. The van der Waals surface area contributed by atoms with Crippen molar-refractivity contribution >= 4 is 22.9 Å². The first-order chi connectivity index (χ1) is 9.20. The minimum atomic E-state index is 0.673. The molecule has 0 amide bonds. The van der Waals surface area contributed by atoms with Gasteiger partial charge >= 0.3 is 0 Å². The van der Waals surface area contributed by atoms with Crippen LogP contribution in [-0.2, 0) is 7.05 Å². The van der Waals surface area contributed by atoms with Gasteiger partial charge in [-0.15, -0.1) is 0 Å². The summed E-state index contributed by atoms with van der Waals surface area (Å²) in [6, 6.07) is 1.94. The number of nitrogens with zero attached hydrogens (tertiary/aromatic N) is 3. The van der Waals surface area contributed by atoms with Crippen LogP contribution in [0.2, 0.25) is 0 Å². The third kappa shape index (κ3) is 2.00. The Hall–Kier alpha value is -1.88. The van der Waals surface area contributed by atoms with Crippen molar-refractivity contribution in [3.05, 3.63) is 23.4 Å². The fraction of sp³-hybridized carbons (Fsp3) is 0.429. The van der Waals surface area contributed by atoms with E-state index >= 15 is 0 Å². The molecule has 1 aromatic carbocycles. The van der Waals surface area contributed by atoms with Crippen molar-refractivity contribution in [3.8, 4) is 0 Å². The molecule has 5 heteroatoms. The normalized spacial score (nSPS) is 16.0.